The molecular weight excluding hydrogens is 648 g/mol. The van der Waals surface area contributed by atoms with Crippen molar-refractivity contribution in [2.75, 3.05) is 20.2 Å². The molecule has 1 aromatic heterocycles. The van der Waals surface area contributed by atoms with Gasteiger partial charge in [-0.15, -0.1) is 11.3 Å². The van der Waals surface area contributed by atoms with E-state index < -0.39 is 36.7 Å². The highest BCUT2D eigenvalue weighted by Crippen LogP contribution is 2.36. The average Bonchev–Trinajstić information content (AvgIpc) is 3.82. The van der Waals surface area contributed by atoms with Crippen LogP contribution in [-0.2, 0) is 25.7 Å². The molecule has 3 aromatic rings. The fourth-order valence-electron chi connectivity index (χ4n) is 6.31. The lowest BCUT2D eigenvalue weighted by Gasteiger charge is -2.35. The molecule has 2 aliphatic rings. The average molecular weight is 691 g/mol. The molecule has 2 heterocycles. The highest BCUT2D eigenvalue weighted by atomic mass is 32.1. The van der Waals surface area contributed by atoms with Gasteiger partial charge in [0.25, 0.3) is 0 Å². The first-order valence-corrected chi connectivity index (χ1v) is 17.5. The zero-order valence-corrected chi connectivity index (χ0v) is 28.5. The number of aliphatic carboxylic acids is 1. The van der Waals surface area contributed by atoms with Gasteiger partial charge in [-0.25, -0.2) is 14.6 Å². The van der Waals surface area contributed by atoms with E-state index in [1.807, 2.05) is 30.3 Å². The van der Waals surface area contributed by atoms with Crippen molar-refractivity contribution in [3.8, 4) is 5.75 Å². The van der Waals surface area contributed by atoms with Crippen LogP contribution < -0.4 is 10.1 Å². The number of thiazole rings is 1. The summed E-state index contributed by atoms with van der Waals surface area (Å²) in [6.07, 6.45) is 5.41. The number of hydrogen-bond acceptors (Lipinski definition) is 9. The van der Waals surface area contributed by atoms with Crippen molar-refractivity contribution in [2.45, 2.75) is 76.6 Å². The van der Waals surface area contributed by atoms with Crippen molar-refractivity contribution in [3.63, 3.8) is 0 Å². The van der Waals surface area contributed by atoms with Crippen LogP contribution in [0.5, 0.6) is 5.75 Å². The molecule has 1 saturated heterocycles. The Hall–Kier alpha value is -4.78. The summed E-state index contributed by atoms with van der Waals surface area (Å²) in [4.78, 5) is 72.5. The van der Waals surface area contributed by atoms with E-state index in [0.29, 0.717) is 23.5 Å². The number of carboxylic acid groups (broad SMARTS) is 1. The lowest BCUT2D eigenvalue weighted by Crippen LogP contribution is -2.56. The third-order valence-corrected chi connectivity index (χ3v) is 10.1. The first-order valence-electron chi connectivity index (χ1n) is 16.6. The van der Waals surface area contributed by atoms with E-state index >= 15 is 0 Å². The maximum Gasteiger partial charge on any atom is 0.410 e. The first kappa shape index (κ1) is 35.5. The Balaban J connectivity index is 1.27. The van der Waals surface area contributed by atoms with Crippen LogP contribution in [0.4, 0.5) is 4.79 Å². The molecule has 12 nitrogen and oxygen atoms in total. The minimum Gasteiger partial charge on any atom is -0.482 e. The highest BCUT2D eigenvalue weighted by molar-refractivity contribution is 7.10. The molecule has 2 fully saturated rings. The quantitative estimate of drug-likeness (QED) is 0.230. The van der Waals surface area contributed by atoms with Gasteiger partial charge in [0.05, 0.1) is 6.04 Å². The van der Waals surface area contributed by atoms with Crippen molar-refractivity contribution >= 4 is 41.0 Å². The molecule has 1 saturated carbocycles. The van der Waals surface area contributed by atoms with Crippen LogP contribution in [0.3, 0.4) is 0 Å². The summed E-state index contributed by atoms with van der Waals surface area (Å²) in [6, 6.07) is 13.6. The molecule has 0 bridgehead atoms. The molecule has 13 heteroatoms. The maximum atomic E-state index is 14.3. The van der Waals surface area contributed by atoms with Gasteiger partial charge < -0.3 is 24.8 Å². The molecule has 2 N–H and O–H groups in total. The summed E-state index contributed by atoms with van der Waals surface area (Å²) >= 11 is 1.31. The fraction of sp³-hybridized carbons (Fsp3) is 0.444. The maximum absolute atomic E-state index is 14.3. The number of benzene rings is 2. The van der Waals surface area contributed by atoms with E-state index in [9.17, 15) is 24.0 Å². The summed E-state index contributed by atoms with van der Waals surface area (Å²) in [5.74, 6) is -1.87. The topological polar surface area (TPSA) is 155 Å². The third-order valence-electron chi connectivity index (χ3n) is 9.17. The minimum atomic E-state index is -1.12. The molecule has 3 atom stereocenters. The second-order valence-corrected chi connectivity index (χ2v) is 13.4. The van der Waals surface area contributed by atoms with Crippen molar-refractivity contribution in [1.82, 2.24) is 20.1 Å². The smallest absolute Gasteiger partial charge is 0.410 e. The van der Waals surface area contributed by atoms with E-state index in [0.717, 1.165) is 44.1 Å². The largest absolute Gasteiger partial charge is 0.482 e. The Labute approximate surface area is 289 Å². The lowest BCUT2D eigenvalue weighted by atomic mass is 9.83. The van der Waals surface area contributed by atoms with Crippen molar-refractivity contribution < 1.29 is 38.6 Å². The Morgan fingerprint density at radius 2 is 1.78 bits per heavy atom. The Bertz CT molecular complexity index is 1640. The highest BCUT2D eigenvalue weighted by Gasteiger charge is 2.40. The third kappa shape index (κ3) is 9.02. The number of rotatable bonds is 13. The first-order chi connectivity index (χ1) is 23.6. The number of carbonyl (C=O) groups is 5. The number of nitrogens with zero attached hydrogens (tertiary/aromatic N) is 3. The molecule has 49 heavy (non-hydrogen) atoms. The number of likely N-dealkylation sites (N-methyl/N-ethyl adjacent to an activating group) is 1. The SMILES string of the molecule is C[C@@H](C(=O)N[C@H](C(=O)N1CCC[C@@H]1c1nc(C(=O)c2cccc(OCC(=O)O)c2)cs1)C1CCCCC1)N(C)C(=O)OCc1ccccc1. The standard InChI is InChI=1S/C36H42N4O8S/c1-23(39(2)36(46)48-20-24-11-5-3-6-12-24)33(44)38-31(25-13-7-4-8-14-25)35(45)40-18-10-17-29(40)34-37-28(22-49-34)32(43)26-15-9-16-27(19-26)47-21-30(41)42/h3,5-6,9,11-12,15-16,19,22-23,25,29,31H,4,7-8,10,13-14,17-18,20-21H2,1-2H3,(H,38,44)(H,41,42)/t23-,29+,31-/m0/s1. The number of aromatic nitrogens is 1. The van der Waals surface area contributed by atoms with E-state index in [4.69, 9.17) is 14.6 Å². The van der Waals surface area contributed by atoms with Crippen molar-refractivity contribution in [1.29, 1.82) is 0 Å². The number of ether oxygens (including phenoxy) is 2. The molecule has 5 rings (SSSR count). The molecule has 3 amide bonds. The zero-order chi connectivity index (χ0) is 34.9. The van der Waals surface area contributed by atoms with E-state index in [1.165, 1.54) is 29.4 Å². The number of carboxylic acids is 1. The molecular formula is C36H42N4O8S. The predicted molar refractivity (Wildman–Crippen MR) is 181 cm³/mol. The number of ketones is 1. The molecule has 0 radical (unpaired) electrons. The number of hydrogen-bond donors (Lipinski definition) is 2. The van der Waals surface area contributed by atoms with Gasteiger partial charge in [-0.3, -0.25) is 19.3 Å². The van der Waals surface area contributed by atoms with E-state index in [1.54, 1.807) is 35.4 Å². The zero-order valence-electron chi connectivity index (χ0n) is 27.7. The Kier molecular flexibility index (Phi) is 12.0. The summed E-state index contributed by atoms with van der Waals surface area (Å²) in [6.45, 7) is 1.66. The molecule has 1 aliphatic carbocycles. The fourth-order valence-corrected chi connectivity index (χ4v) is 7.25. The van der Waals surface area contributed by atoms with Gasteiger partial charge in [-0.2, -0.15) is 0 Å². The Morgan fingerprint density at radius 3 is 2.51 bits per heavy atom. The van der Waals surface area contributed by atoms with Gasteiger partial charge >= 0.3 is 12.1 Å². The van der Waals surface area contributed by atoms with Crippen molar-refractivity contribution in [2.24, 2.45) is 5.92 Å². The lowest BCUT2D eigenvalue weighted by molar-refractivity contribution is -0.140. The molecule has 260 valence electrons. The molecule has 0 unspecified atom stereocenters. The normalized spacial score (nSPS) is 17.5. The van der Waals surface area contributed by atoms with Gasteiger partial charge in [0.2, 0.25) is 17.6 Å². The van der Waals surface area contributed by atoms with Crippen molar-refractivity contribution in [3.05, 3.63) is 81.8 Å². The van der Waals surface area contributed by atoms with Crippen LogP contribution in [0.1, 0.15) is 84.5 Å². The van der Waals surface area contributed by atoms with Gasteiger partial charge in [-0.05, 0) is 56.2 Å². The van der Waals surface area contributed by atoms with Crippen LogP contribution in [0.25, 0.3) is 0 Å². The number of nitrogens with one attached hydrogen (secondary N) is 1. The second-order valence-electron chi connectivity index (χ2n) is 12.5. The molecule has 1 aliphatic heterocycles. The summed E-state index contributed by atoms with van der Waals surface area (Å²) in [5.41, 5.74) is 1.36. The second kappa shape index (κ2) is 16.6. The van der Waals surface area contributed by atoms with Crippen LogP contribution in [-0.4, -0.2) is 81.8 Å². The molecule has 2 aromatic carbocycles. The van der Waals surface area contributed by atoms with E-state index in [2.05, 4.69) is 10.3 Å². The van der Waals surface area contributed by atoms with E-state index in [-0.39, 0.29) is 41.7 Å². The van der Waals surface area contributed by atoms with Crippen LogP contribution in [0, 0.1) is 5.92 Å². The van der Waals surface area contributed by atoms with Crippen LogP contribution >= 0.6 is 11.3 Å². The Morgan fingerprint density at radius 1 is 1.02 bits per heavy atom. The number of amides is 3. The van der Waals surface area contributed by atoms with Crippen LogP contribution in [0.15, 0.2) is 60.0 Å². The monoisotopic (exact) mass is 690 g/mol. The minimum absolute atomic E-state index is 0.0435. The van der Waals surface area contributed by atoms with Gasteiger partial charge in [0.15, 0.2) is 6.61 Å². The number of likely N-dealkylation sites (tertiary alicyclic amines) is 1. The summed E-state index contributed by atoms with van der Waals surface area (Å²) in [5, 5.41) is 14.2. The van der Waals surface area contributed by atoms with Crippen LogP contribution in [0.2, 0.25) is 0 Å². The predicted octanol–water partition coefficient (Wildman–Crippen LogP) is 5.22. The summed E-state index contributed by atoms with van der Waals surface area (Å²) in [7, 11) is 1.51. The van der Waals surface area contributed by atoms with Gasteiger partial charge in [0.1, 0.15) is 35.1 Å². The van der Waals surface area contributed by atoms with Gasteiger partial charge in [0, 0.05) is 24.5 Å². The van der Waals surface area contributed by atoms with Gasteiger partial charge in [-0.1, -0.05) is 61.7 Å². The summed E-state index contributed by atoms with van der Waals surface area (Å²) < 4.78 is 10.6. The molecule has 0 spiro atoms. The number of carbonyl (C=O) groups excluding carboxylic acids is 4.